The van der Waals surface area contributed by atoms with Crippen molar-refractivity contribution in [1.29, 1.82) is 0 Å². The average molecular weight is 329 g/mol. The summed E-state index contributed by atoms with van der Waals surface area (Å²) in [6, 6.07) is 5.79. The van der Waals surface area contributed by atoms with Gasteiger partial charge in [-0.25, -0.2) is 0 Å². The number of benzene rings is 1. The Bertz CT molecular complexity index is 451. The van der Waals surface area contributed by atoms with Gasteiger partial charge in [-0.1, -0.05) is 15.9 Å². The first kappa shape index (κ1) is 14.2. The van der Waals surface area contributed by atoms with E-state index in [9.17, 15) is 0 Å². The fourth-order valence-electron chi connectivity index (χ4n) is 1.85. The Morgan fingerprint density at radius 3 is 2.63 bits per heavy atom. The Balaban J connectivity index is 2.13. The van der Waals surface area contributed by atoms with Crippen molar-refractivity contribution in [2.45, 2.75) is 19.1 Å². The Morgan fingerprint density at radius 1 is 1.21 bits per heavy atom. The van der Waals surface area contributed by atoms with Gasteiger partial charge in [0.15, 0.2) is 0 Å². The summed E-state index contributed by atoms with van der Waals surface area (Å²) in [5.41, 5.74) is 0.859. The van der Waals surface area contributed by atoms with Crippen molar-refractivity contribution in [2.75, 3.05) is 20.3 Å². The van der Waals surface area contributed by atoms with E-state index in [4.69, 9.17) is 18.9 Å². The van der Waals surface area contributed by atoms with Crippen LogP contribution < -0.4 is 4.74 Å². The van der Waals surface area contributed by atoms with Gasteiger partial charge in [-0.15, -0.1) is 0 Å². The molecule has 0 amide bonds. The molecule has 1 heterocycles. The third kappa shape index (κ3) is 3.42. The van der Waals surface area contributed by atoms with Crippen LogP contribution >= 0.6 is 15.9 Å². The van der Waals surface area contributed by atoms with Gasteiger partial charge in [0.25, 0.3) is 5.79 Å². The van der Waals surface area contributed by atoms with Gasteiger partial charge in [0.2, 0.25) is 0 Å². The van der Waals surface area contributed by atoms with Crippen molar-refractivity contribution in [3.63, 3.8) is 0 Å². The largest absolute Gasteiger partial charge is 0.493 e. The zero-order valence-corrected chi connectivity index (χ0v) is 12.6. The maximum Gasteiger partial charge on any atom is 0.277 e. The summed E-state index contributed by atoms with van der Waals surface area (Å²) >= 11 is 3.44. The molecule has 1 aromatic rings. The van der Waals surface area contributed by atoms with Crippen LogP contribution in [0.1, 0.15) is 18.9 Å². The minimum atomic E-state index is -0.822. The van der Waals surface area contributed by atoms with Crippen molar-refractivity contribution in [2.24, 2.45) is 0 Å². The summed E-state index contributed by atoms with van der Waals surface area (Å²) in [4.78, 5) is 0. The summed E-state index contributed by atoms with van der Waals surface area (Å²) in [6.07, 6.45) is 3.91. The minimum Gasteiger partial charge on any atom is -0.493 e. The lowest BCUT2D eigenvalue weighted by molar-refractivity contribution is -0.134. The Morgan fingerprint density at radius 2 is 1.95 bits per heavy atom. The lowest BCUT2D eigenvalue weighted by Crippen LogP contribution is -2.23. The van der Waals surface area contributed by atoms with E-state index >= 15 is 0 Å². The first-order valence-electron chi connectivity index (χ1n) is 6.08. The van der Waals surface area contributed by atoms with E-state index in [1.165, 1.54) is 12.5 Å². The molecular formula is C14H17BrO4. The number of methoxy groups -OCH3 is 1. The molecule has 5 heteroatoms. The maximum absolute atomic E-state index is 5.80. The number of halogens is 1. The molecule has 0 aliphatic carbocycles. The summed E-state index contributed by atoms with van der Waals surface area (Å²) in [5.74, 6) is -0.0752. The van der Waals surface area contributed by atoms with Gasteiger partial charge in [0.1, 0.15) is 18.3 Å². The second-order valence-electron chi connectivity index (χ2n) is 4.29. The van der Waals surface area contributed by atoms with Crippen LogP contribution in [-0.2, 0) is 20.0 Å². The van der Waals surface area contributed by atoms with E-state index < -0.39 is 5.79 Å². The molecule has 0 bridgehead atoms. The summed E-state index contributed by atoms with van der Waals surface area (Å²) in [7, 11) is 1.68. The van der Waals surface area contributed by atoms with E-state index in [2.05, 4.69) is 15.9 Å². The highest BCUT2D eigenvalue weighted by Gasteiger charge is 2.35. The summed E-state index contributed by atoms with van der Waals surface area (Å²) in [6.45, 7) is 3.12. The van der Waals surface area contributed by atoms with Crippen LogP contribution in [0.4, 0.5) is 0 Å². The third-order valence-corrected chi connectivity index (χ3v) is 3.32. The Kier molecular flexibility index (Phi) is 4.71. The zero-order valence-electron chi connectivity index (χ0n) is 11.0. The molecule has 0 atom stereocenters. The van der Waals surface area contributed by atoms with E-state index in [0.29, 0.717) is 13.2 Å². The average Bonchev–Trinajstić information content (AvgIpc) is 2.83. The van der Waals surface area contributed by atoms with Gasteiger partial charge < -0.3 is 18.9 Å². The van der Waals surface area contributed by atoms with Gasteiger partial charge in [-0.3, -0.25) is 0 Å². The van der Waals surface area contributed by atoms with Crippen molar-refractivity contribution >= 4 is 15.9 Å². The van der Waals surface area contributed by atoms with Crippen molar-refractivity contribution in [3.8, 4) is 5.75 Å². The molecule has 0 spiro atoms. The van der Waals surface area contributed by atoms with Crippen molar-refractivity contribution < 1.29 is 18.9 Å². The molecule has 0 saturated heterocycles. The number of hydrogen-bond donors (Lipinski definition) is 0. The molecule has 4 nitrogen and oxygen atoms in total. The smallest absolute Gasteiger partial charge is 0.277 e. The summed E-state index contributed by atoms with van der Waals surface area (Å²) < 4.78 is 22.8. The minimum absolute atomic E-state index is 0.584. The molecule has 1 aliphatic heterocycles. The number of ether oxygens (including phenoxy) is 4. The zero-order chi connectivity index (χ0) is 13.7. The Labute approximate surface area is 121 Å². The SMILES string of the molecule is COCCCOc1cc(Br)ccc1C1(C)OC=CO1. The van der Waals surface area contributed by atoms with Gasteiger partial charge in [0.05, 0.1) is 12.2 Å². The first-order chi connectivity index (χ1) is 9.15. The molecular weight excluding hydrogens is 312 g/mol. The number of hydrogen-bond acceptors (Lipinski definition) is 4. The summed E-state index contributed by atoms with van der Waals surface area (Å²) in [5, 5.41) is 0. The van der Waals surface area contributed by atoms with Gasteiger partial charge in [0, 0.05) is 31.5 Å². The van der Waals surface area contributed by atoms with Crippen LogP contribution in [-0.4, -0.2) is 20.3 Å². The standard InChI is InChI=1S/C14H17BrO4/c1-14(18-8-9-19-14)12-5-4-11(15)10-13(12)17-7-3-6-16-2/h4-5,8-10H,3,6-7H2,1-2H3. The quantitative estimate of drug-likeness (QED) is 0.748. The molecule has 2 rings (SSSR count). The topological polar surface area (TPSA) is 36.9 Å². The second-order valence-corrected chi connectivity index (χ2v) is 5.20. The van der Waals surface area contributed by atoms with Crippen LogP contribution in [0.3, 0.4) is 0 Å². The lowest BCUT2D eigenvalue weighted by atomic mass is 10.1. The molecule has 19 heavy (non-hydrogen) atoms. The normalized spacial score (nSPS) is 15.9. The molecule has 0 radical (unpaired) electrons. The first-order valence-corrected chi connectivity index (χ1v) is 6.87. The highest BCUT2D eigenvalue weighted by Crippen LogP contribution is 2.38. The molecule has 0 fully saturated rings. The van der Waals surface area contributed by atoms with E-state index in [0.717, 1.165) is 22.2 Å². The molecule has 0 aromatic heterocycles. The third-order valence-electron chi connectivity index (χ3n) is 2.82. The van der Waals surface area contributed by atoms with Crippen LogP contribution in [0.5, 0.6) is 5.75 Å². The monoisotopic (exact) mass is 328 g/mol. The predicted molar refractivity (Wildman–Crippen MR) is 74.8 cm³/mol. The van der Waals surface area contributed by atoms with Crippen LogP contribution in [0.25, 0.3) is 0 Å². The molecule has 0 unspecified atom stereocenters. The van der Waals surface area contributed by atoms with Crippen molar-refractivity contribution in [1.82, 2.24) is 0 Å². The molecule has 0 N–H and O–H groups in total. The van der Waals surface area contributed by atoms with E-state index in [1.807, 2.05) is 25.1 Å². The maximum atomic E-state index is 5.80. The fourth-order valence-corrected chi connectivity index (χ4v) is 2.19. The molecule has 104 valence electrons. The van der Waals surface area contributed by atoms with Gasteiger partial charge >= 0.3 is 0 Å². The van der Waals surface area contributed by atoms with Gasteiger partial charge in [-0.2, -0.15) is 0 Å². The lowest BCUT2D eigenvalue weighted by Gasteiger charge is -2.25. The van der Waals surface area contributed by atoms with E-state index in [1.54, 1.807) is 7.11 Å². The molecule has 1 aliphatic rings. The molecule has 1 aromatic carbocycles. The highest BCUT2D eigenvalue weighted by molar-refractivity contribution is 9.10. The van der Waals surface area contributed by atoms with Crippen LogP contribution in [0.2, 0.25) is 0 Å². The van der Waals surface area contributed by atoms with E-state index in [-0.39, 0.29) is 0 Å². The number of rotatable bonds is 6. The highest BCUT2D eigenvalue weighted by atomic mass is 79.9. The van der Waals surface area contributed by atoms with Crippen LogP contribution in [0.15, 0.2) is 35.2 Å². The Hall–Kier alpha value is -1.20. The predicted octanol–water partition coefficient (Wildman–Crippen LogP) is 3.56. The molecule has 0 saturated carbocycles. The van der Waals surface area contributed by atoms with Crippen molar-refractivity contribution in [3.05, 3.63) is 40.8 Å². The fraction of sp³-hybridized carbons (Fsp3) is 0.429. The van der Waals surface area contributed by atoms with Gasteiger partial charge in [-0.05, 0) is 18.2 Å². The van der Waals surface area contributed by atoms with Crippen LogP contribution in [0, 0.1) is 0 Å². The second kappa shape index (κ2) is 6.30.